The molecule has 0 radical (unpaired) electrons. The van der Waals surface area contributed by atoms with Crippen molar-refractivity contribution in [3.05, 3.63) is 48.4 Å². The molecule has 1 heterocycles. The summed E-state index contributed by atoms with van der Waals surface area (Å²) in [5.74, 6) is 0.925. The monoisotopic (exact) mass is 394 g/mol. The standard InChI is InChI=1S/C19H26N2O5S/c1-4-25-15-7-9-17(10-8-15)27(23,24)21-18(12-14(2)3)19(22)20-13-16-6-5-11-26-16/h5-11,14,18,21H,4,12-13H2,1-3H3,(H,20,22)/t18-/m0/s1. The van der Waals surface area contributed by atoms with Crippen molar-refractivity contribution >= 4 is 15.9 Å². The Bertz CT molecular complexity index is 814. The van der Waals surface area contributed by atoms with E-state index in [-0.39, 0.29) is 17.4 Å². The van der Waals surface area contributed by atoms with Gasteiger partial charge in [-0.1, -0.05) is 13.8 Å². The van der Waals surface area contributed by atoms with Crippen molar-refractivity contribution in [3.63, 3.8) is 0 Å². The van der Waals surface area contributed by atoms with Gasteiger partial charge in [-0.25, -0.2) is 8.42 Å². The zero-order chi connectivity index (χ0) is 19.9. The molecule has 2 rings (SSSR count). The average Bonchev–Trinajstić information content (AvgIpc) is 3.13. The number of amides is 1. The molecule has 148 valence electrons. The van der Waals surface area contributed by atoms with E-state index >= 15 is 0 Å². The van der Waals surface area contributed by atoms with Gasteiger partial charge in [0.2, 0.25) is 15.9 Å². The maximum atomic E-state index is 12.7. The molecule has 0 fully saturated rings. The Balaban J connectivity index is 2.09. The van der Waals surface area contributed by atoms with Gasteiger partial charge < -0.3 is 14.5 Å². The predicted octanol–water partition coefficient (Wildman–Crippen LogP) is 2.69. The molecule has 7 nitrogen and oxygen atoms in total. The molecule has 0 spiro atoms. The Morgan fingerprint density at radius 1 is 1.19 bits per heavy atom. The molecule has 8 heteroatoms. The summed E-state index contributed by atoms with van der Waals surface area (Å²) in [5.41, 5.74) is 0. The number of nitrogens with one attached hydrogen (secondary N) is 2. The van der Waals surface area contributed by atoms with E-state index in [1.54, 1.807) is 24.3 Å². The first-order chi connectivity index (χ1) is 12.8. The molecule has 0 aliphatic carbocycles. The third-order valence-electron chi connectivity index (χ3n) is 3.78. The van der Waals surface area contributed by atoms with Crippen molar-refractivity contribution in [2.75, 3.05) is 6.61 Å². The summed E-state index contributed by atoms with van der Waals surface area (Å²) < 4.78 is 38.4. The molecule has 0 saturated heterocycles. The highest BCUT2D eigenvalue weighted by molar-refractivity contribution is 7.89. The molecule has 1 amide bonds. The second-order valence-electron chi connectivity index (χ2n) is 6.51. The molecule has 0 unspecified atom stereocenters. The summed E-state index contributed by atoms with van der Waals surface area (Å²) in [5, 5.41) is 2.71. The predicted molar refractivity (Wildman–Crippen MR) is 102 cm³/mol. The van der Waals surface area contributed by atoms with E-state index in [1.807, 2.05) is 20.8 Å². The van der Waals surface area contributed by atoms with Gasteiger partial charge in [0.05, 0.1) is 24.3 Å². The van der Waals surface area contributed by atoms with Gasteiger partial charge in [0.15, 0.2) is 0 Å². The van der Waals surface area contributed by atoms with Crippen molar-refractivity contribution in [1.29, 1.82) is 0 Å². The Morgan fingerprint density at radius 3 is 2.44 bits per heavy atom. The van der Waals surface area contributed by atoms with Gasteiger partial charge in [-0.3, -0.25) is 4.79 Å². The summed E-state index contributed by atoms with van der Waals surface area (Å²) in [4.78, 5) is 12.6. The van der Waals surface area contributed by atoms with Crippen LogP contribution < -0.4 is 14.8 Å². The fraction of sp³-hybridized carbons (Fsp3) is 0.421. The SMILES string of the molecule is CCOc1ccc(S(=O)(=O)N[C@@H](CC(C)C)C(=O)NCc2ccco2)cc1. The lowest BCUT2D eigenvalue weighted by Gasteiger charge is -2.20. The van der Waals surface area contributed by atoms with Crippen LogP contribution in [0, 0.1) is 5.92 Å². The number of carbonyl (C=O) groups excluding carboxylic acids is 1. The highest BCUT2D eigenvalue weighted by Gasteiger charge is 2.26. The number of ether oxygens (including phenoxy) is 1. The highest BCUT2D eigenvalue weighted by atomic mass is 32.2. The number of benzene rings is 1. The van der Waals surface area contributed by atoms with Gasteiger partial charge in [0.1, 0.15) is 17.6 Å². The van der Waals surface area contributed by atoms with Gasteiger partial charge >= 0.3 is 0 Å². The Hall–Kier alpha value is -2.32. The molecule has 27 heavy (non-hydrogen) atoms. The minimum Gasteiger partial charge on any atom is -0.494 e. The largest absolute Gasteiger partial charge is 0.494 e. The molecular weight excluding hydrogens is 368 g/mol. The summed E-state index contributed by atoms with van der Waals surface area (Å²) in [6, 6.07) is 8.68. The highest BCUT2D eigenvalue weighted by Crippen LogP contribution is 2.17. The number of furan rings is 1. The van der Waals surface area contributed by atoms with Crippen LogP contribution in [0.2, 0.25) is 0 Å². The number of hydrogen-bond acceptors (Lipinski definition) is 5. The summed E-state index contributed by atoms with van der Waals surface area (Å²) in [6.07, 6.45) is 1.89. The normalized spacial score (nSPS) is 12.7. The summed E-state index contributed by atoms with van der Waals surface area (Å²) in [7, 11) is -3.84. The van der Waals surface area contributed by atoms with Crippen LogP contribution in [0.4, 0.5) is 0 Å². The number of sulfonamides is 1. The lowest BCUT2D eigenvalue weighted by atomic mass is 10.0. The van der Waals surface area contributed by atoms with Gasteiger partial charge in [-0.2, -0.15) is 4.72 Å². The number of rotatable bonds is 10. The van der Waals surface area contributed by atoms with Crippen LogP contribution in [-0.2, 0) is 21.4 Å². The second kappa shape index (κ2) is 9.57. The first kappa shape index (κ1) is 21.0. The first-order valence-corrected chi connectivity index (χ1v) is 10.4. The molecule has 0 bridgehead atoms. The molecule has 2 aromatic rings. The topological polar surface area (TPSA) is 97.6 Å². The smallest absolute Gasteiger partial charge is 0.241 e. The van der Waals surface area contributed by atoms with E-state index in [0.717, 1.165) is 0 Å². The lowest BCUT2D eigenvalue weighted by Crippen LogP contribution is -2.47. The minimum atomic E-state index is -3.84. The number of hydrogen-bond donors (Lipinski definition) is 2. The maximum absolute atomic E-state index is 12.7. The van der Waals surface area contributed by atoms with Crippen LogP contribution in [0.1, 0.15) is 33.0 Å². The Labute approximate surface area is 160 Å². The van der Waals surface area contributed by atoms with Crippen molar-refractivity contribution < 1.29 is 22.4 Å². The maximum Gasteiger partial charge on any atom is 0.241 e. The third kappa shape index (κ3) is 6.41. The minimum absolute atomic E-state index is 0.0820. The molecule has 0 aliphatic heterocycles. The van der Waals surface area contributed by atoms with Crippen LogP contribution in [0.15, 0.2) is 52.0 Å². The van der Waals surface area contributed by atoms with E-state index in [9.17, 15) is 13.2 Å². The van der Waals surface area contributed by atoms with Gasteiger partial charge in [-0.05, 0) is 55.7 Å². The van der Waals surface area contributed by atoms with E-state index < -0.39 is 22.0 Å². The molecule has 1 aromatic heterocycles. The van der Waals surface area contributed by atoms with Crippen molar-refractivity contribution in [3.8, 4) is 5.75 Å². The zero-order valence-electron chi connectivity index (χ0n) is 15.8. The Morgan fingerprint density at radius 2 is 1.89 bits per heavy atom. The molecule has 1 atom stereocenters. The van der Waals surface area contributed by atoms with E-state index in [0.29, 0.717) is 24.5 Å². The van der Waals surface area contributed by atoms with Crippen LogP contribution in [0.25, 0.3) is 0 Å². The van der Waals surface area contributed by atoms with Crippen molar-refractivity contribution in [2.24, 2.45) is 5.92 Å². The fourth-order valence-electron chi connectivity index (χ4n) is 2.53. The van der Waals surface area contributed by atoms with E-state index in [1.165, 1.54) is 18.4 Å². The van der Waals surface area contributed by atoms with Crippen LogP contribution in [-0.4, -0.2) is 27.0 Å². The molecule has 0 saturated carbocycles. The van der Waals surface area contributed by atoms with Crippen LogP contribution >= 0.6 is 0 Å². The third-order valence-corrected chi connectivity index (χ3v) is 5.27. The number of carbonyl (C=O) groups is 1. The second-order valence-corrected chi connectivity index (χ2v) is 8.22. The zero-order valence-corrected chi connectivity index (χ0v) is 16.6. The summed E-state index contributed by atoms with van der Waals surface area (Å²) in [6.45, 7) is 6.40. The summed E-state index contributed by atoms with van der Waals surface area (Å²) >= 11 is 0. The van der Waals surface area contributed by atoms with E-state index in [4.69, 9.17) is 9.15 Å². The van der Waals surface area contributed by atoms with Crippen LogP contribution in [0.5, 0.6) is 5.75 Å². The molecular formula is C19H26N2O5S. The molecule has 0 aliphatic rings. The van der Waals surface area contributed by atoms with Gasteiger partial charge in [0, 0.05) is 0 Å². The average molecular weight is 394 g/mol. The van der Waals surface area contributed by atoms with Crippen LogP contribution in [0.3, 0.4) is 0 Å². The Kier molecular flexibility index (Phi) is 7.44. The molecule has 1 aromatic carbocycles. The van der Waals surface area contributed by atoms with Crippen molar-refractivity contribution in [2.45, 2.75) is 44.7 Å². The first-order valence-electron chi connectivity index (χ1n) is 8.87. The van der Waals surface area contributed by atoms with Gasteiger partial charge in [0.25, 0.3) is 0 Å². The quantitative estimate of drug-likeness (QED) is 0.646. The van der Waals surface area contributed by atoms with E-state index in [2.05, 4.69) is 10.0 Å². The fourth-order valence-corrected chi connectivity index (χ4v) is 3.74. The van der Waals surface area contributed by atoms with Gasteiger partial charge in [-0.15, -0.1) is 0 Å². The molecule has 2 N–H and O–H groups in total. The van der Waals surface area contributed by atoms with Crippen molar-refractivity contribution in [1.82, 2.24) is 10.0 Å². The lowest BCUT2D eigenvalue weighted by molar-refractivity contribution is -0.123.